The molecule has 4 rings (SSSR count). The van der Waals surface area contributed by atoms with Crippen LogP contribution in [0.5, 0.6) is 11.5 Å². The van der Waals surface area contributed by atoms with Gasteiger partial charge in [0.2, 0.25) is 0 Å². The molecule has 0 radical (unpaired) electrons. The zero-order valence-corrected chi connectivity index (χ0v) is 22.6. The van der Waals surface area contributed by atoms with E-state index in [1.54, 1.807) is 14.0 Å². The summed E-state index contributed by atoms with van der Waals surface area (Å²) in [5.41, 5.74) is 7.63. The standard InChI is InChI=1S/C30H42O5/c1-18-11-24-23(12-26(18)35-15-21(32)14-33-8)29(6,7)17-30(24)16-28(4,5)22-9-10-25(20(3)27(22)30)34-13-19(2)31/h9-12,19,21,31-32H,13-17H2,1-8H3. The monoisotopic (exact) mass is 482 g/mol. The quantitative estimate of drug-likeness (QED) is 0.548. The smallest absolute Gasteiger partial charge is 0.122 e. The van der Waals surface area contributed by atoms with Crippen LogP contribution in [-0.2, 0) is 21.0 Å². The molecule has 3 unspecified atom stereocenters. The van der Waals surface area contributed by atoms with Gasteiger partial charge in [0, 0.05) is 12.5 Å². The Morgan fingerprint density at radius 3 is 2.09 bits per heavy atom. The maximum Gasteiger partial charge on any atom is 0.122 e. The highest BCUT2D eigenvalue weighted by Crippen LogP contribution is 2.64. The lowest BCUT2D eigenvalue weighted by Crippen LogP contribution is -2.27. The van der Waals surface area contributed by atoms with E-state index in [0.717, 1.165) is 29.9 Å². The average molecular weight is 483 g/mol. The lowest BCUT2D eigenvalue weighted by Gasteiger charge is -2.32. The van der Waals surface area contributed by atoms with E-state index in [4.69, 9.17) is 14.2 Å². The summed E-state index contributed by atoms with van der Waals surface area (Å²) in [6.45, 7) is 16.1. The van der Waals surface area contributed by atoms with Gasteiger partial charge in [-0.1, -0.05) is 39.8 Å². The third-order valence-electron chi connectivity index (χ3n) is 7.94. The van der Waals surface area contributed by atoms with Gasteiger partial charge in [-0.15, -0.1) is 0 Å². The second-order valence-corrected chi connectivity index (χ2v) is 12.1. The second-order valence-electron chi connectivity index (χ2n) is 12.1. The highest BCUT2D eigenvalue weighted by molar-refractivity contribution is 5.65. The van der Waals surface area contributed by atoms with E-state index in [2.05, 4.69) is 65.8 Å². The minimum absolute atomic E-state index is 0.0348. The molecule has 1 spiro atoms. The molecule has 0 saturated carbocycles. The molecule has 192 valence electrons. The van der Waals surface area contributed by atoms with E-state index in [1.165, 1.54) is 27.8 Å². The van der Waals surface area contributed by atoms with Crippen LogP contribution in [-0.4, -0.2) is 49.4 Å². The molecule has 5 heteroatoms. The highest BCUT2D eigenvalue weighted by Gasteiger charge is 2.57. The molecule has 0 amide bonds. The molecule has 0 bridgehead atoms. The van der Waals surface area contributed by atoms with Crippen LogP contribution in [0.2, 0.25) is 0 Å². The molecule has 2 aliphatic carbocycles. The van der Waals surface area contributed by atoms with Gasteiger partial charge in [0.1, 0.15) is 30.8 Å². The van der Waals surface area contributed by atoms with Crippen molar-refractivity contribution in [3.63, 3.8) is 0 Å². The first-order valence-electron chi connectivity index (χ1n) is 12.7. The van der Waals surface area contributed by atoms with E-state index in [9.17, 15) is 10.2 Å². The zero-order chi connectivity index (χ0) is 25.8. The van der Waals surface area contributed by atoms with E-state index in [-0.39, 0.29) is 36.1 Å². The zero-order valence-electron chi connectivity index (χ0n) is 22.6. The summed E-state index contributed by atoms with van der Waals surface area (Å²) in [6, 6.07) is 8.83. The van der Waals surface area contributed by atoms with Crippen molar-refractivity contribution in [2.45, 2.75) is 89.8 Å². The molecule has 3 atom stereocenters. The van der Waals surface area contributed by atoms with Gasteiger partial charge in [0.05, 0.1) is 12.7 Å². The number of hydrogen-bond acceptors (Lipinski definition) is 5. The molecule has 0 saturated heterocycles. The minimum Gasteiger partial charge on any atom is -0.491 e. The molecule has 0 aliphatic heterocycles. The van der Waals surface area contributed by atoms with E-state index in [0.29, 0.717) is 0 Å². The number of fused-ring (bicyclic) bond motifs is 4. The molecular weight excluding hydrogens is 440 g/mol. The summed E-state index contributed by atoms with van der Waals surface area (Å²) >= 11 is 0. The van der Waals surface area contributed by atoms with Crippen LogP contribution in [0, 0.1) is 13.8 Å². The largest absolute Gasteiger partial charge is 0.491 e. The Kier molecular flexibility index (Phi) is 6.76. The summed E-state index contributed by atoms with van der Waals surface area (Å²) in [6.07, 6.45) is 0.889. The first-order chi connectivity index (χ1) is 16.3. The van der Waals surface area contributed by atoms with Crippen LogP contribution in [0.25, 0.3) is 0 Å². The number of benzene rings is 2. The van der Waals surface area contributed by atoms with Gasteiger partial charge in [-0.25, -0.2) is 0 Å². The Bertz CT molecular complexity index is 1100. The van der Waals surface area contributed by atoms with Gasteiger partial charge >= 0.3 is 0 Å². The molecule has 2 aromatic carbocycles. The summed E-state index contributed by atoms with van der Waals surface area (Å²) in [4.78, 5) is 0. The Hall–Kier alpha value is -2.08. The fourth-order valence-electron chi connectivity index (χ4n) is 6.73. The molecule has 0 aromatic heterocycles. The van der Waals surface area contributed by atoms with Crippen molar-refractivity contribution in [1.82, 2.24) is 0 Å². The normalized spacial score (nSPS) is 23.1. The maximum absolute atomic E-state index is 10.1. The fraction of sp³-hybridized carbons (Fsp3) is 0.600. The summed E-state index contributed by atoms with van der Waals surface area (Å²) in [5.74, 6) is 1.68. The van der Waals surface area contributed by atoms with Crippen LogP contribution in [0.1, 0.15) is 80.8 Å². The average Bonchev–Trinajstić information content (AvgIpc) is 3.11. The van der Waals surface area contributed by atoms with Gasteiger partial charge in [-0.05, 0) is 90.0 Å². The molecule has 35 heavy (non-hydrogen) atoms. The number of hydrogen-bond donors (Lipinski definition) is 2. The van der Waals surface area contributed by atoms with Gasteiger partial charge in [-0.2, -0.15) is 0 Å². The Morgan fingerprint density at radius 2 is 1.46 bits per heavy atom. The highest BCUT2D eigenvalue weighted by atomic mass is 16.5. The van der Waals surface area contributed by atoms with E-state index >= 15 is 0 Å². The Labute approximate surface area is 210 Å². The lowest BCUT2D eigenvalue weighted by atomic mass is 9.71. The molecule has 5 nitrogen and oxygen atoms in total. The first-order valence-corrected chi connectivity index (χ1v) is 12.7. The Balaban J connectivity index is 1.83. The fourth-order valence-corrected chi connectivity index (χ4v) is 6.73. The van der Waals surface area contributed by atoms with Crippen molar-refractivity contribution in [3.05, 3.63) is 57.6 Å². The van der Waals surface area contributed by atoms with Gasteiger partial charge in [0.25, 0.3) is 0 Å². The molecule has 2 N–H and O–H groups in total. The SMILES string of the molecule is COCC(O)COc1cc2c(cc1C)C1(CC2(C)C)CC(C)(C)c2ccc(OCC(C)O)c(C)c21. The topological polar surface area (TPSA) is 68.2 Å². The van der Waals surface area contributed by atoms with Crippen LogP contribution in [0.15, 0.2) is 24.3 Å². The molecular formula is C30H42O5. The van der Waals surface area contributed by atoms with Crippen molar-refractivity contribution >= 4 is 0 Å². The van der Waals surface area contributed by atoms with E-state index in [1.807, 2.05) is 0 Å². The number of methoxy groups -OCH3 is 1. The van der Waals surface area contributed by atoms with Crippen molar-refractivity contribution in [3.8, 4) is 11.5 Å². The molecule has 2 aromatic rings. The lowest BCUT2D eigenvalue weighted by molar-refractivity contribution is 0.0323. The van der Waals surface area contributed by atoms with Crippen LogP contribution in [0.3, 0.4) is 0 Å². The molecule has 0 heterocycles. The number of ether oxygens (including phenoxy) is 3. The first kappa shape index (κ1) is 26.0. The predicted molar refractivity (Wildman–Crippen MR) is 139 cm³/mol. The third kappa shape index (κ3) is 4.47. The van der Waals surface area contributed by atoms with Crippen molar-refractivity contribution in [1.29, 1.82) is 0 Å². The van der Waals surface area contributed by atoms with Crippen molar-refractivity contribution in [2.24, 2.45) is 0 Å². The van der Waals surface area contributed by atoms with Gasteiger partial charge < -0.3 is 24.4 Å². The van der Waals surface area contributed by atoms with E-state index < -0.39 is 12.2 Å². The predicted octanol–water partition coefficient (Wildman–Crippen LogP) is 5.10. The van der Waals surface area contributed by atoms with Gasteiger partial charge in [-0.3, -0.25) is 0 Å². The Morgan fingerprint density at radius 1 is 0.829 bits per heavy atom. The molecule has 2 aliphatic rings. The summed E-state index contributed by atoms with van der Waals surface area (Å²) in [5, 5.41) is 19.9. The van der Waals surface area contributed by atoms with Crippen molar-refractivity contribution < 1.29 is 24.4 Å². The summed E-state index contributed by atoms with van der Waals surface area (Å²) < 4.78 is 17.1. The number of rotatable bonds is 8. The minimum atomic E-state index is -0.655. The van der Waals surface area contributed by atoms with Crippen LogP contribution >= 0.6 is 0 Å². The number of aryl methyl sites for hydroxylation is 1. The second kappa shape index (κ2) is 9.10. The number of aliphatic hydroxyl groups excluding tert-OH is 2. The third-order valence-corrected chi connectivity index (χ3v) is 7.94. The van der Waals surface area contributed by atoms with Crippen LogP contribution < -0.4 is 9.47 Å². The number of aliphatic hydroxyl groups is 2. The summed E-state index contributed by atoms with van der Waals surface area (Å²) in [7, 11) is 1.58. The maximum atomic E-state index is 10.1. The van der Waals surface area contributed by atoms with Crippen molar-refractivity contribution in [2.75, 3.05) is 26.9 Å². The van der Waals surface area contributed by atoms with Crippen LogP contribution in [0.4, 0.5) is 0 Å². The van der Waals surface area contributed by atoms with Gasteiger partial charge in [0.15, 0.2) is 0 Å². The molecule has 0 fully saturated rings.